The largest absolute Gasteiger partial charge is 0.263 e. The lowest BCUT2D eigenvalue weighted by molar-refractivity contribution is 0.621. The minimum Gasteiger partial charge on any atom is -0.263 e. The third-order valence-electron chi connectivity index (χ3n) is 2.00. The van der Waals surface area contributed by atoms with Crippen molar-refractivity contribution in [1.29, 1.82) is 0 Å². The maximum Gasteiger partial charge on any atom is 0.137 e. The molecule has 0 aliphatic rings. The van der Waals surface area contributed by atoms with Gasteiger partial charge in [0, 0.05) is 18.8 Å². The van der Waals surface area contributed by atoms with E-state index in [0.29, 0.717) is 9.50 Å². The van der Waals surface area contributed by atoms with Gasteiger partial charge in [-0.15, -0.1) is 0 Å². The van der Waals surface area contributed by atoms with Crippen LogP contribution in [0.2, 0.25) is 5.02 Å². The van der Waals surface area contributed by atoms with Gasteiger partial charge in [-0.25, -0.2) is 4.39 Å². The highest BCUT2D eigenvalue weighted by Gasteiger charge is 2.02. The first kappa shape index (κ1) is 11.6. The Hall–Kier alpha value is -0.930. The molecular formula is C12H7BrClFN. The standard InChI is InChI=1S/C12H7BrClFN/c13-11-5-8(1-2-12(11)15)3-9-4-10(14)7-16-6-9/h1-7H. The minimum absolute atomic E-state index is 0.277. The molecule has 0 amide bonds. The number of halogens is 3. The summed E-state index contributed by atoms with van der Waals surface area (Å²) in [6, 6.07) is 6.61. The molecule has 81 valence electrons. The first-order valence-electron chi connectivity index (χ1n) is 4.55. The van der Waals surface area contributed by atoms with Crippen LogP contribution in [0.25, 0.3) is 0 Å². The highest BCUT2D eigenvalue weighted by molar-refractivity contribution is 9.10. The van der Waals surface area contributed by atoms with Crippen LogP contribution in [0.4, 0.5) is 4.39 Å². The highest BCUT2D eigenvalue weighted by atomic mass is 79.9. The number of nitrogens with zero attached hydrogens (tertiary/aromatic N) is 1. The van der Waals surface area contributed by atoms with Gasteiger partial charge in [-0.2, -0.15) is 0 Å². The van der Waals surface area contributed by atoms with Crippen LogP contribution in [0.3, 0.4) is 0 Å². The Labute approximate surface area is 106 Å². The van der Waals surface area contributed by atoms with Crippen LogP contribution < -0.4 is 0 Å². The van der Waals surface area contributed by atoms with Gasteiger partial charge in [-0.1, -0.05) is 17.7 Å². The first-order valence-corrected chi connectivity index (χ1v) is 5.72. The maximum absolute atomic E-state index is 13.0. The van der Waals surface area contributed by atoms with E-state index in [1.165, 1.54) is 6.07 Å². The van der Waals surface area contributed by atoms with Gasteiger partial charge in [0.15, 0.2) is 0 Å². The minimum atomic E-state index is -0.277. The van der Waals surface area contributed by atoms with Gasteiger partial charge in [0.1, 0.15) is 5.82 Å². The van der Waals surface area contributed by atoms with Crippen molar-refractivity contribution in [3.63, 3.8) is 0 Å². The Morgan fingerprint density at radius 3 is 2.69 bits per heavy atom. The van der Waals surface area contributed by atoms with Crippen LogP contribution in [-0.4, -0.2) is 4.98 Å². The Morgan fingerprint density at radius 2 is 2.00 bits per heavy atom. The molecule has 0 saturated heterocycles. The second-order valence-electron chi connectivity index (χ2n) is 3.25. The van der Waals surface area contributed by atoms with E-state index in [0.717, 1.165) is 11.1 Å². The normalized spacial score (nSPS) is 10.4. The average Bonchev–Trinajstić information content (AvgIpc) is 2.24. The molecule has 0 bridgehead atoms. The Bertz CT molecular complexity index is 516. The van der Waals surface area contributed by atoms with Crippen LogP contribution in [0.1, 0.15) is 11.1 Å². The molecule has 0 fully saturated rings. The van der Waals surface area contributed by atoms with Gasteiger partial charge < -0.3 is 0 Å². The summed E-state index contributed by atoms with van der Waals surface area (Å²) in [5.41, 5.74) is 1.77. The Balaban J connectivity index is 2.24. The molecular weight excluding hydrogens is 292 g/mol. The van der Waals surface area contributed by atoms with Crippen molar-refractivity contribution in [3.05, 3.63) is 69.5 Å². The molecule has 0 aliphatic carbocycles. The van der Waals surface area contributed by atoms with Crippen LogP contribution in [0, 0.1) is 12.2 Å². The SMILES string of the molecule is Fc1ccc([CH]c2cncc(Cl)c2)cc1Br. The van der Waals surface area contributed by atoms with Crippen molar-refractivity contribution < 1.29 is 4.39 Å². The number of benzene rings is 1. The zero-order valence-corrected chi connectivity index (χ0v) is 10.5. The van der Waals surface area contributed by atoms with Crippen molar-refractivity contribution in [2.45, 2.75) is 0 Å². The summed E-state index contributed by atoms with van der Waals surface area (Å²) >= 11 is 8.95. The highest BCUT2D eigenvalue weighted by Crippen LogP contribution is 2.20. The lowest BCUT2D eigenvalue weighted by Crippen LogP contribution is -1.88. The average molecular weight is 300 g/mol. The van der Waals surface area contributed by atoms with Crippen LogP contribution >= 0.6 is 27.5 Å². The van der Waals surface area contributed by atoms with E-state index in [2.05, 4.69) is 20.9 Å². The summed E-state index contributed by atoms with van der Waals surface area (Å²) in [5.74, 6) is -0.277. The van der Waals surface area contributed by atoms with Crippen LogP contribution in [0.15, 0.2) is 41.1 Å². The number of rotatable bonds is 2. The van der Waals surface area contributed by atoms with Crippen LogP contribution in [0.5, 0.6) is 0 Å². The van der Waals surface area contributed by atoms with Crippen molar-refractivity contribution in [3.8, 4) is 0 Å². The zero-order valence-electron chi connectivity index (χ0n) is 8.12. The molecule has 1 aromatic heterocycles. The molecule has 1 aromatic carbocycles. The Kier molecular flexibility index (Phi) is 3.56. The second kappa shape index (κ2) is 4.93. The molecule has 0 unspecified atom stereocenters. The van der Waals surface area contributed by atoms with Gasteiger partial charge >= 0.3 is 0 Å². The molecule has 0 saturated carbocycles. The van der Waals surface area contributed by atoms with Crippen LogP contribution in [-0.2, 0) is 0 Å². The van der Waals surface area contributed by atoms with Crippen molar-refractivity contribution >= 4 is 27.5 Å². The summed E-state index contributed by atoms with van der Waals surface area (Å²) in [6.07, 6.45) is 5.14. The Morgan fingerprint density at radius 1 is 1.19 bits per heavy atom. The molecule has 0 spiro atoms. The predicted octanol–water partition coefficient (Wildman–Crippen LogP) is 4.24. The van der Waals surface area contributed by atoms with Gasteiger partial charge in [0.05, 0.1) is 9.50 Å². The third-order valence-corrected chi connectivity index (χ3v) is 2.82. The molecule has 4 heteroatoms. The summed E-state index contributed by atoms with van der Waals surface area (Å²) in [7, 11) is 0. The number of hydrogen-bond donors (Lipinski definition) is 0. The number of aromatic nitrogens is 1. The van der Waals surface area contributed by atoms with E-state index < -0.39 is 0 Å². The smallest absolute Gasteiger partial charge is 0.137 e. The second-order valence-corrected chi connectivity index (χ2v) is 4.55. The summed E-state index contributed by atoms with van der Waals surface area (Å²) in [5, 5.41) is 0.579. The summed E-state index contributed by atoms with van der Waals surface area (Å²) < 4.78 is 13.4. The monoisotopic (exact) mass is 298 g/mol. The van der Waals surface area contributed by atoms with Gasteiger partial charge in [0.25, 0.3) is 0 Å². The zero-order chi connectivity index (χ0) is 11.5. The van der Waals surface area contributed by atoms with Crippen molar-refractivity contribution in [1.82, 2.24) is 4.98 Å². The van der Waals surface area contributed by atoms with Gasteiger partial charge in [-0.3, -0.25) is 4.98 Å². The van der Waals surface area contributed by atoms with Gasteiger partial charge in [-0.05, 0) is 45.3 Å². The molecule has 0 aliphatic heterocycles. The van der Waals surface area contributed by atoms with E-state index >= 15 is 0 Å². The number of pyridine rings is 1. The third kappa shape index (κ3) is 2.80. The van der Waals surface area contributed by atoms with Crippen molar-refractivity contribution in [2.75, 3.05) is 0 Å². The fourth-order valence-corrected chi connectivity index (χ4v) is 1.88. The lowest BCUT2D eigenvalue weighted by Gasteiger charge is -2.02. The molecule has 16 heavy (non-hydrogen) atoms. The molecule has 1 nitrogen and oxygen atoms in total. The molecule has 0 atom stereocenters. The molecule has 0 N–H and O–H groups in total. The predicted molar refractivity (Wildman–Crippen MR) is 65.9 cm³/mol. The van der Waals surface area contributed by atoms with E-state index in [-0.39, 0.29) is 5.82 Å². The molecule has 1 heterocycles. The van der Waals surface area contributed by atoms with E-state index in [4.69, 9.17) is 11.6 Å². The maximum atomic E-state index is 13.0. The molecule has 2 aromatic rings. The summed E-state index contributed by atoms with van der Waals surface area (Å²) in [6.45, 7) is 0. The fourth-order valence-electron chi connectivity index (χ4n) is 1.30. The molecule has 1 radical (unpaired) electrons. The van der Waals surface area contributed by atoms with E-state index in [1.807, 2.05) is 6.42 Å². The lowest BCUT2D eigenvalue weighted by atomic mass is 10.1. The topological polar surface area (TPSA) is 12.9 Å². The molecule has 2 rings (SSSR count). The van der Waals surface area contributed by atoms with E-state index in [1.54, 1.807) is 30.6 Å². The summed E-state index contributed by atoms with van der Waals surface area (Å²) in [4.78, 5) is 3.97. The first-order chi connectivity index (χ1) is 7.65. The quantitative estimate of drug-likeness (QED) is 0.808. The fraction of sp³-hybridized carbons (Fsp3) is 0. The van der Waals surface area contributed by atoms with E-state index in [9.17, 15) is 4.39 Å². The number of hydrogen-bond acceptors (Lipinski definition) is 1. The van der Waals surface area contributed by atoms with Gasteiger partial charge in [0.2, 0.25) is 0 Å². The van der Waals surface area contributed by atoms with Crippen molar-refractivity contribution in [2.24, 2.45) is 0 Å².